The summed E-state index contributed by atoms with van der Waals surface area (Å²) in [5.41, 5.74) is -0.519. The summed E-state index contributed by atoms with van der Waals surface area (Å²) >= 11 is 0. The Bertz CT molecular complexity index is 1340. The van der Waals surface area contributed by atoms with Gasteiger partial charge in [-0.3, -0.25) is 9.62 Å². The molecular weight excluding hydrogens is 506 g/mol. The Labute approximate surface area is 204 Å². The van der Waals surface area contributed by atoms with Crippen molar-refractivity contribution in [1.82, 2.24) is 4.90 Å². The Morgan fingerprint density at radius 1 is 0.889 bits per heavy atom. The van der Waals surface area contributed by atoms with E-state index < -0.39 is 38.4 Å². The molecule has 1 atom stereocenters. The second-order valence-corrected chi connectivity index (χ2v) is 10.3. The van der Waals surface area contributed by atoms with Crippen LogP contribution in [0.25, 0.3) is 0 Å². The van der Waals surface area contributed by atoms with E-state index in [1.165, 1.54) is 17.7 Å². The van der Waals surface area contributed by atoms with Crippen molar-refractivity contribution in [2.24, 2.45) is 0 Å². The number of fused-ring (bicyclic) bond motifs is 1. The van der Waals surface area contributed by atoms with Crippen molar-refractivity contribution in [1.29, 1.82) is 0 Å². The molecule has 0 amide bonds. The Morgan fingerprint density at radius 3 is 2.11 bits per heavy atom. The summed E-state index contributed by atoms with van der Waals surface area (Å²) in [7, 11) is -2.84. The van der Waals surface area contributed by atoms with Gasteiger partial charge in [-0.25, -0.2) is 8.42 Å². The van der Waals surface area contributed by atoms with E-state index in [1.807, 2.05) is 31.3 Å². The Balaban J connectivity index is 1.70. The topological polar surface area (TPSA) is 49.4 Å². The van der Waals surface area contributed by atoms with Crippen LogP contribution in [0, 0.1) is 0 Å². The SMILES string of the molecule is CN1CCc2ccccc2[C@H]1Cc1ccccc1NS(=O)(=O)c1cc(C(F)(F)F)cc(C(F)(F)F)c1. The third-order valence-corrected chi connectivity index (χ3v) is 7.57. The quantitative estimate of drug-likeness (QED) is 0.396. The number of anilines is 1. The fourth-order valence-corrected chi connectivity index (χ4v) is 5.50. The van der Waals surface area contributed by atoms with Crippen LogP contribution in [-0.4, -0.2) is 26.9 Å². The van der Waals surface area contributed by atoms with Crippen LogP contribution in [0.2, 0.25) is 0 Å². The second kappa shape index (κ2) is 9.44. The normalized spacial score (nSPS) is 17.0. The summed E-state index contributed by atoms with van der Waals surface area (Å²) in [5, 5.41) is 0. The third kappa shape index (κ3) is 5.52. The van der Waals surface area contributed by atoms with Gasteiger partial charge in [0.05, 0.1) is 21.7 Å². The van der Waals surface area contributed by atoms with Crippen molar-refractivity contribution in [2.75, 3.05) is 18.3 Å². The molecule has 0 aromatic heterocycles. The zero-order valence-electron chi connectivity index (χ0n) is 19.0. The van der Waals surface area contributed by atoms with Gasteiger partial charge in [0.25, 0.3) is 10.0 Å². The first-order valence-electron chi connectivity index (χ1n) is 10.9. The van der Waals surface area contributed by atoms with Gasteiger partial charge in [-0.05, 0) is 60.8 Å². The molecule has 1 heterocycles. The molecule has 0 fully saturated rings. The molecule has 3 aromatic rings. The summed E-state index contributed by atoms with van der Waals surface area (Å²) in [6.07, 6.45) is -9.10. The van der Waals surface area contributed by atoms with Crippen molar-refractivity contribution in [2.45, 2.75) is 36.1 Å². The predicted molar refractivity (Wildman–Crippen MR) is 123 cm³/mol. The molecule has 0 aliphatic carbocycles. The zero-order chi connectivity index (χ0) is 26.3. The van der Waals surface area contributed by atoms with E-state index in [2.05, 4.69) is 9.62 Å². The molecule has 1 aliphatic rings. The highest BCUT2D eigenvalue weighted by Gasteiger charge is 2.38. The molecule has 0 saturated carbocycles. The van der Waals surface area contributed by atoms with Crippen LogP contribution < -0.4 is 4.72 Å². The van der Waals surface area contributed by atoms with Gasteiger partial charge >= 0.3 is 12.4 Å². The summed E-state index contributed by atoms with van der Waals surface area (Å²) in [6, 6.07) is 14.4. The van der Waals surface area contributed by atoms with Crippen LogP contribution in [0.1, 0.15) is 33.9 Å². The number of halogens is 6. The lowest BCUT2D eigenvalue weighted by Gasteiger charge is -2.35. The van der Waals surface area contributed by atoms with Crippen LogP contribution in [0.5, 0.6) is 0 Å². The average molecular weight is 529 g/mol. The van der Waals surface area contributed by atoms with Crippen LogP contribution in [0.4, 0.5) is 32.0 Å². The number of hydrogen-bond acceptors (Lipinski definition) is 3. The fraction of sp³-hybridized carbons (Fsp3) is 0.280. The Morgan fingerprint density at radius 2 is 1.47 bits per heavy atom. The minimum Gasteiger partial charge on any atom is -0.299 e. The lowest BCUT2D eigenvalue weighted by atomic mass is 9.89. The molecule has 0 unspecified atom stereocenters. The summed E-state index contributed by atoms with van der Waals surface area (Å²) in [5.74, 6) is 0. The van der Waals surface area contributed by atoms with E-state index in [0.29, 0.717) is 12.0 Å². The van der Waals surface area contributed by atoms with Crippen molar-refractivity contribution >= 4 is 15.7 Å². The smallest absolute Gasteiger partial charge is 0.299 e. The van der Waals surface area contributed by atoms with E-state index in [0.717, 1.165) is 18.5 Å². The first kappa shape index (κ1) is 26.0. The number of alkyl halides is 6. The lowest BCUT2D eigenvalue weighted by Crippen LogP contribution is -2.33. The van der Waals surface area contributed by atoms with Gasteiger partial charge in [-0.2, -0.15) is 26.3 Å². The second-order valence-electron chi connectivity index (χ2n) is 8.65. The number of hydrogen-bond donors (Lipinski definition) is 1. The number of para-hydroxylation sites is 1. The zero-order valence-corrected chi connectivity index (χ0v) is 19.8. The number of benzene rings is 3. The number of sulfonamides is 1. The molecule has 0 saturated heterocycles. The molecule has 4 nitrogen and oxygen atoms in total. The van der Waals surface area contributed by atoms with Gasteiger partial charge < -0.3 is 0 Å². The minimum atomic E-state index is -5.16. The number of rotatable bonds is 5. The molecule has 1 aliphatic heterocycles. The summed E-state index contributed by atoms with van der Waals surface area (Å²) < 4.78 is 108. The van der Waals surface area contributed by atoms with Crippen LogP contribution in [-0.2, 0) is 35.2 Å². The molecule has 0 radical (unpaired) electrons. The number of nitrogens with one attached hydrogen (secondary N) is 1. The standard InChI is InChI=1S/C25H22F6N2O2S/c1-33-11-10-16-6-2-4-8-21(16)23(33)12-17-7-3-5-9-22(17)32-36(34,35)20-14-18(24(26,27)28)13-19(15-20)25(29,30)31/h2-9,13-15,23,32H,10-12H2,1H3/t23-/m1/s1. The molecule has 192 valence electrons. The first-order chi connectivity index (χ1) is 16.8. The van der Waals surface area contributed by atoms with Crippen LogP contribution in [0.15, 0.2) is 71.6 Å². The molecular formula is C25H22F6N2O2S. The molecule has 1 N–H and O–H groups in total. The minimum absolute atomic E-state index is 0.0833. The molecule has 3 aromatic carbocycles. The highest BCUT2D eigenvalue weighted by Crippen LogP contribution is 2.38. The van der Waals surface area contributed by atoms with E-state index in [1.54, 1.807) is 12.1 Å². The largest absolute Gasteiger partial charge is 0.416 e. The summed E-state index contributed by atoms with van der Waals surface area (Å²) in [6.45, 7) is 0.778. The maximum Gasteiger partial charge on any atom is 0.416 e. The average Bonchev–Trinajstić information content (AvgIpc) is 2.80. The van der Waals surface area contributed by atoms with Crippen molar-refractivity contribution in [3.8, 4) is 0 Å². The van der Waals surface area contributed by atoms with Crippen molar-refractivity contribution in [3.05, 3.63) is 94.5 Å². The van der Waals surface area contributed by atoms with Crippen molar-refractivity contribution in [3.63, 3.8) is 0 Å². The lowest BCUT2D eigenvalue weighted by molar-refractivity contribution is -0.143. The van der Waals surface area contributed by atoms with E-state index in [9.17, 15) is 34.8 Å². The molecule has 0 bridgehead atoms. The van der Waals surface area contributed by atoms with Gasteiger partial charge in [0.15, 0.2) is 0 Å². The van der Waals surface area contributed by atoms with E-state index in [-0.39, 0.29) is 29.9 Å². The third-order valence-electron chi connectivity index (χ3n) is 6.23. The fourth-order valence-electron chi connectivity index (χ4n) is 4.33. The predicted octanol–water partition coefficient (Wildman–Crippen LogP) is 6.30. The van der Waals surface area contributed by atoms with Gasteiger partial charge in [0, 0.05) is 12.6 Å². The van der Waals surface area contributed by atoms with Crippen LogP contribution >= 0.6 is 0 Å². The van der Waals surface area contributed by atoms with Gasteiger partial charge in [0.1, 0.15) is 0 Å². The number of nitrogens with zero attached hydrogens (tertiary/aromatic N) is 1. The van der Waals surface area contributed by atoms with E-state index >= 15 is 0 Å². The molecule has 4 rings (SSSR count). The maximum absolute atomic E-state index is 13.2. The highest BCUT2D eigenvalue weighted by atomic mass is 32.2. The van der Waals surface area contributed by atoms with Gasteiger partial charge in [-0.15, -0.1) is 0 Å². The molecule has 36 heavy (non-hydrogen) atoms. The summed E-state index contributed by atoms with van der Waals surface area (Å²) in [4.78, 5) is 0.996. The Hall–Kier alpha value is -3.05. The first-order valence-corrected chi connectivity index (χ1v) is 12.4. The van der Waals surface area contributed by atoms with Gasteiger partial charge in [0.2, 0.25) is 0 Å². The monoisotopic (exact) mass is 528 g/mol. The van der Waals surface area contributed by atoms with Gasteiger partial charge in [-0.1, -0.05) is 42.5 Å². The Kier molecular flexibility index (Phi) is 6.82. The maximum atomic E-state index is 13.2. The van der Waals surface area contributed by atoms with Crippen molar-refractivity contribution < 1.29 is 34.8 Å². The molecule has 0 spiro atoms. The highest BCUT2D eigenvalue weighted by molar-refractivity contribution is 7.92. The number of likely N-dealkylation sites (N-methyl/N-ethyl adjacent to an activating group) is 1. The van der Waals surface area contributed by atoms with E-state index in [4.69, 9.17) is 0 Å². The molecule has 11 heteroatoms. The van der Waals surface area contributed by atoms with Crippen LogP contribution in [0.3, 0.4) is 0 Å².